The number of benzene rings is 1. The molecular formula is C10H10IN3O. The van der Waals surface area contributed by atoms with E-state index in [4.69, 9.17) is 4.74 Å². The van der Waals surface area contributed by atoms with Gasteiger partial charge in [0.1, 0.15) is 9.45 Å². The Kier molecular flexibility index (Phi) is 3.20. The zero-order valence-corrected chi connectivity index (χ0v) is 10.4. The van der Waals surface area contributed by atoms with Crippen molar-refractivity contribution in [1.82, 2.24) is 15.0 Å². The number of halogens is 1. The van der Waals surface area contributed by atoms with Gasteiger partial charge >= 0.3 is 0 Å². The van der Waals surface area contributed by atoms with Gasteiger partial charge in [-0.15, -0.1) is 5.10 Å². The van der Waals surface area contributed by atoms with Gasteiger partial charge in [0.25, 0.3) is 0 Å². The predicted octanol–water partition coefficient (Wildman–Crippen LogP) is 1.94. The largest absolute Gasteiger partial charge is 0.497 e. The summed E-state index contributed by atoms with van der Waals surface area (Å²) in [6.07, 6.45) is 1.74. The molecule has 0 unspecified atom stereocenters. The maximum absolute atomic E-state index is 5.09. The van der Waals surface area contributed by atoms with E-state index < -0.39 is 0 Å². The van der Waals surface area contributed by atoms with Crippen LogP contribution in [0, 0.1) is 3.70 Å². The minimum Gasteiger partial charge on any atom is -0.497 e. The molecular weight excluding hydrogens is 305 g/mol. The van der Waals surface area contributed by atoms with Crippen LogP contribution in [0.2, 0.25) is 0 Å². The summed E-state index contributed by atoms with van der Waals surface area (Å²) in [4.78, 5) is 0. The van der Waals surface area contributed by atoms with Crippen molar-refractivity contribution in [2.24, 2.45) is 0 Å². The summed E-state index contributed by atoms with van der Waals surface area (Å²) in [5, 5.41) is 7.81. The number of methoxy groups -OCH3 is 1. The molecule has 0 spiro atoms. The molecule has 0 fully saturated rings. The summed E-state index contributed by atoms with van der Waals surface area (Å²) in [6.45, 7) is 0.738. The monoisotopic (exact) mass is 315 g/mol. The first-order valence-electron chi connectivity index (χ1n) is 4.46. The molecule has 0 N–H and O–H groups in total. The average molecular weight is 315 g/mol. The molecule has 1 aromatic heterocycles. The van der Waals surface area contributed by atoms with Crippen LogP contribution in [-0.2, 0) is 6.54 Å². The van der Waals surface area contributed by atoms with Crippen molar-refractivity contribution in [3.63, 3.8) is 0 Å². The highest BCUT2D eigenvalue weighted by molar-refractivity contribution is 14.1. The highest BCUT2D eigenvalue weighted by atomic mass is 127. The van der Waals surface area contributed by atoms with E-state index in [0.717, 1.165) is 16.0 Å². The molecule has 4 nitrogen and oxygen atoms in total. The highest BCUT2D eigenvalue weighted by Crippen LogP contribution is 2.12. The maximum atomic E-state index is 5.09. The van der Waals surface area contributed by atoms with E-state index in [-0.39, 0.29) is 0 Å². The normalized spacial score (nSPS) is 10.3. The van der Waals surface area contributed by atoms with Gasteiger partial charge in [0.15, 0.2) is 0 Å². The summed E-state index contributed by atoms with van der Waals surface area (Å²) in [6, 6.07) is 7.94. The molecule has 0 aliphatic carbocycles. The molecule has 15 heavy (non-hydrogen) atoms. The van der Waals surface area contributed by atoms with Crippen molar-refractivity contribution < 1.29 is 4.74 Å². The quantitative estimate of drug-likeness (QED) is 0.813. The van der Waals surface area contributed by atoms with Gasteiger partial charge in [-0.3, -0.25) is 0 Å². The number of hydrogen-bond acceptors (Lipinski definition) is 3. The summed E-state index contributed by atoms with van der Waals surface area (Å²) in [5.74, 6) is 0.868. The smallest absolute Gasteiger partial charge is 0.120 e. The molecule has 2 rings (SSSR count). The van der Waals surface area contributed by atoms with E-state index in [2.05, 4.69) is 32.9 Å². The first kappa shape index (κ1) is 10.4. The molecule has 0 atom stereocenters. The number of ether oxygens (including phenoxy) is 1. The first-order chi connectivity index (χ1) is 7.29. The van der Waals surface area contributed by atoms with Gasteiger partial charge in [-0.25, -0.2) is 4.68 Å². The second kappa shape index (κ2) is 4.61. The van der Waals surface area contributed by atoms with Crippen molar-refractivity contribution in [2.45, 2.75) is 6.54 Å². The Bertz CT molecular complexity index is 438. The fraction of sp³-hybridized carbons (Fsp3) is 0.200. The van der Waals surface area contributed by atoms with Gasteiger partial charge in [-0.05, 0) is 40.3 Å². The molecule has 0 radical (unpaired) electrons. The van der Waals surface area contributed by atoms with Gasteiger partial charge in [-0.2, -0.15) is 0 Å². The molecule has 2 aromatic rings. The van der Waals surface area contributed by atoms with Crippen molar-refractivity contribution in [1.29, 1.82) is 0 Å². The molecule has 0 amide bonds. The van der Waals surface area contributed by atoms with E-state index in [1.165, 1.54) is 5.56 Å². The Morgan fingerprint density at radius 3 is 2.60 bits per heavy atom. The number of hydrogen-bond donors (Lipinski definition) is 0. The fourth-order valence-electron chi connectivity index (χ4n) is 1.26. The summed E-state index contributed by atoms with van der Waals surface area (Å²) >= 11 is 2.21. The lowest BCUT2D eigenvalue weighted by Gasteiger charge is -2.04. The number of aromatic nitrogens is 3. The SMILES string of the molecule is COc1ccc(Cn2nncc2I)cc1. The second-order valence-corrected chi connectivity index (χ2v) is 4.17. The lowest BCUT2D eigenvalue weighted by Crippen LogP contribution is -2.03. The molecule has 1 heterocycles. The summed E-state index contributed by atoms with van der Waals surface area (Å²) < 4.78 is 7.97. The topological polar surface area (TPSA) is 39.9 Å². The van der Waals surface area contributed by atoms with Crippen LogP contribution in [0.4, 0.5) is 0 Å². The van der Waals surface area contributed by atoms with Crippen LogP contribution in [0.15, 0.2) is 30.5 Å². The third kappa shape index (κ3) is 2.47. The Morgan fingerprint density at radius 1 is 1.33 bits per heavy atom. The van der Waals surface area contributed by atoms with Crippen LogP contribution in [0.5, 0.6) is 5.75 Å². The molecule has 5 heteroatoms. The Balaban J connectivity index is 2.14. The van der Waals surface area contributed by atoms with E-state index in [0.29, 0.717) is 0 Å². The van der Waals surface area contributed by atoms with Gasteiger partial charge in [-0.1, -0.05) is 17.3 Å². The first-order valence-corrected chi connectivity index (χ1v) is 5.54. The van der Waals surface area contributed by atoms with E-state index in [9.17, 15) is 0 Å². The fourth-order valence-corrected chi connectivity index (χ4v) is 1.65. The molecule has 0 aliphatic heterocycles. The zero-order chi connectivity index (χ0) is 10.7. The van der Waals surface area contributed by atoms with Crippen LogP contribution in [-0.4, -0.2) is 22.1 Å². The number of nitrogens with zero attached hydrogens (tertiary/aromatic N) is 3. The van der Waals surface area contributed by atoms with Gasteiger partial charge in [0.05, 0.1) is 19.9 Å². The lowest BCUT2D eigenvalue weighted by atomic mass is 10.2. The van der Waals surface area contributed by atoms with Gasteiger partial charge in [0.2, 0.25) is 0 Å². The molecule has 0 saturated heterocycles. The van der Waals surface area contributed by atoms with Gasteiger partial charge < -0.3 is 4.74 Å². The van der Waals surface area contributed by atoms with Crippen LogP contribution >= 0.6 is 22.6 Å². The Hall–Kier alpha value is -1.11. The molecule has 78 valence electrons. The summed E-state index contributed by atoms with van der Waals surface area (Å²) in [5.41, 5.74) is 1.18. The standard InChI is InChI=1S/C10H10IN3O/c1-15-9-4-2-8(3-5-9)7-14-10(11)6-12-13-14/h2-6H,7H2,1H3. The number of rotatable bonds is 3. The second-order valence-electron chi connectivity index (χ2n) is 3.06. The molecule has 1 aromatic carbocycles. The minimum atomic E-state index is 0.738. The van der Waals surface area contributed by atoms with Crippen LogP contribution < -0.4 is 4.74 Å². The Morgan fingerprint density at radius 2 is 2.07 bits per heavy atom. The maximum Gasteiger partial charge on any atom is 0.120 e. The van der Waals surface area contributed by atoms with Crippen molar-refractivity contribution in [3.05, 3.63) is 39.7 Å². The van der Waals surface area contributed by atoms with E-state index >= 15 is 0 Å². The third-order valence-corrected chi connectivity index (χ3v) is 2.90. The van der Waals surface area contributed by atoms with E-state index in [1.807, 2.05) is 28.9 Å². The van der Waals surface area contributed by atoms with Crippen LogP contribution in [0.1, 0.15) is 5.56 Å². The summed E-state index contributed by atoms with van der Waals surface area (Å²) in [7, 11) is 1.66. The van der Waals surface area contributed by atoms with Crippen molar-refractivity contribution >= 4 is 22.6 Å². The minimum absolute atomic E-state index is 0.738. The van der Waals surface area contributed by atoms with Crippen LogP contribution in [0.3, 0.4) is 0 Å². The van der Waals surface area contributed by atoms with Crippen molar-refractivity contribution in [2.75, 3.05) is 7.11 Å². The van der Waals surface area contributed by atoms with Crippen molar-refractivity contribution in [3.8, 4) is 5.75 Å². The molecule has 0 bridgehead atoms. The zero-order valence-electron chi connectivity index (χ0n) is 8.22. The Labute approximate surface area is 101 Å². The predicted molar refractivity (Wildman–Crippen MR) is 64.8 cm³/mol. The van der Waals surface area contributed by atoms with E-state index in [1.54, 1.807) is 13.3 Å². The lowest BCUT2D eigenvalue weighted by molar-refractivity contribution is 0.414. The molecule has 0 saturated carbocycles. The van der Waals surface area contributed by atoms with Crippen LogP contribution in [0.25, 0.3) is 0 Å². The highest BCUT2D eigenvalue weighted by Gasteiger charge is 2.01. The molecule has 0 aliphatic rings. The third-order valence-electron chi connectivity index (χ3n) is 2.06. The average Bonchev–Trinajstić information content (AvgIpc) is 2.66. The van der Waals surface area contributed by atoms with Gasteiger partial charge in [0, 0.05) is 0 Å².